The number of methoxy groups -OCH3 is 1. The number of sulfonamides is 1. The summed E-state index contributed by atoms with van der Waals surface area (Å²) in [5.74, 6) is -0.501. The van der Waals surface area contributed by atoms with Gasteiger partial charge in [0.1, 0.15) is 0 Å². The predicted molar refractivity (Wildman–Crippen MR) is 74.8 cm³/mol. The molecule has 20 heavy (non-hydrogen) atoms. The van der Waals surface area contributed by atoms with Crippen LogP contribution in [0.1, 0.15) is 15.9 Å². The highest BCUT2D eigenvalue weighted by molar-refractivity contribution is 7.88. The average molecular weight is 298 g/mol. The van der Waals surface area contributed by atoms with Crippen LogP contribution in [0.5, 0.6) is 0 Å². The maximum Gasteiger partial charge on any atom is 0.337 e. The fourth-order valence-corrected chi connectivity index (χ4v) is 3.35. The number of nitrogens with one attached hydrogen (secondary N) is 1. The summed E-state index contributed by atoms with van der Waals surface area (Å²) in [7, 11) is -0.426. The molecule has 0 spiro atoms. The largest absolute Gasteiger partial charge is 0.465 e. The molecule has 1 fully saturated rings. The molecule has 1 aliphatic heterocycles. The van der Waals surface area contributed by atoms with Crippen molar-refractivity contribution in [3.8, 4) is 0 Å². The summed E-state index contributed by atoms with van der Waals surface area (Å²) in [6, 6.07) is 6.45. The third-order valence-corrected chi connectivity index (χ3v) is 5.31. The van der Waals surface area contributed by atoms with E-state index in [2.05, 4.69) is 10.1 Å². The number of hydrogen-bond donors (Lipinski definition) is 1. The second-order valence-corrected chi connectivity index (χ2v) is 6.80. The number of benzene rings is 1. The Hall–Kier alpha value is -1.44. The molecule has 1 N–H and O–H groups in total. The summed E-state index contributed by atoms with van der Waals surface area (Å²) in [5.41, 5.74) is 1.06. The zero-order valence-electron chi connectivity index (χ0n) is 11.5. The lowest BCUT2D eigenvalue weighted by atomic mass is 10.1. The monoisotopic (exact) mass is 298 g/mol. The first kappa shape index (κ1) is 15.0. The minimum atomic E-state index is -3.33. The van der Waals surface area contributed by atoms with Gasteiger partial charge in [0.25, 0.3) is 0 Å². The van der Waals surface area contributed by atoms with Crippen molar-refractivity contribution in [1.29, 1.82) is 0 Å². The van der Waals surface area contributed by atoms with Gasteiger partial charge in [-0.3, -0.25) is 0 Å². The highest BCUT2D eigenvalue weighted by atomic mass is 32.2. The number of rotatable bonds is 5. The Morgan fingerprint density at radius 2 is 1.95 bits per heavy atom. The molecule has 0 aromatic heterocycles. The van der Waals surface area contributed by atoms with Crippen LogP contribution in [0.4, 0.5) is 0 Å². The lowest BCUT2D eigenvalue weighted by Gasteiger charge is -2.34. The van der Waals surface area contributed by atoms with Crippen molar-refractivity contribution in [3.05, 3.63) is 35.4 Å². The first-order valence-corrected chi connectivity index (χ1v) is 7.88. The van der Waals surface area contributed by atoms with Gasteiger partial charge in [-0.05, 0) is 17.7 Å². The summed E-state index contributed by atoms with van der Waals surface area (Å²) in [4.78, 5) is 11.3. The molecule has 0 aliphatic carbocycles. The number of hydrogen-bond acceptors (Lipinski definition) is 5. The molecule has 0 radical (unpaired) electrons. The van der Waals surface area contributed by atoms with Crippen molar-refractivity contribution in [2.45, 2.75) is 11.8 Å². The number of nitrogens with zero attached hydrogens (tertiary/aromatic N) is 1. The van der Waals surface area contributed by atoms with E-state index in [0.717, 1.165) is 0 Å². The van der Waals surface area contributed by atoms with Crippen LogP contribution >= 0.6 is 0 Å². The van der Waals surface area contributed by atoms with Gasteiger partial charge in [0.15, 0.2) is 0 Å². The van der Waals surface area contributed by atoms with Crippen LogP contribution in [0.25, 0.3) is 0 Å². The molecule has 0 saturated carbocycles. The molecule has 0 atom stereocenters. The van der Waals surface area contributed by atoms with E-state index in [4.69, 9.17) is 0 Å². The van der Waals surface area contributed by atoms with Crippen LogP contribution in [0.3, 0.4) is 0 Å². The third kappa shape index (κ3) is 3.17. The quantitative estimate of drug-likeness (QED) is 0.786. The van der Waals surface area contributed by atoms with Gasteiger partial charge in [-0.1, -0.05) is 12.1 Å². The van der Waals surface area contributed by atoms with E-state index in [-0.39, 0.29) is 11.8 Å². The van der Waals surface area contributed by atoms with Gasteiger partial charge in [-0.25, -0.2) is 13.2 Å². The van der Waals surface area contributed by atoms with Crippen LogP contribution in [0.15, 0.2) is 24.3 Å². The van der Waals surface area contributed by atoms with Crippen LogP contribution in [-0.4, -0.2) is 52.0 Å². The highest BCUT2D eigenvalue weighted by Crippen LogP contribution is 2.15. The van der Waals surface area contributed by atoms with Crippen molar-refractivity contribution >= 4 is 16.0 Å². The second-order valence-electron chi connectivity index (χ2n) is 4.77. The predicted octanol–water partition coefficient (Wildman–Crippen LogP) is 0.207. The fraction of sp³-hybridized carbons (Fsp3) is 0.462. The molecule has 0 amide bonds. The van der Waals surface area contributed by atoms with Crippen molar-refractivity contribution in [1.82, 2.24) is 9.62 Å². The summed E-state index contributed by atoms with van der Waals surface area (Å²) >= 11 is 0. The molecule has 1 aromatic rings. The van der Waals surface area contributed by atoms with Gasteiger partial charge in [0, 0.05) is 26.2 Å². The lowest BCUT2D eigenvalue weighted by molar-refractivity contribution is 0.0600. The van der Waals surface area contributed by atoms with Gasteiger partial charge in [-0.15, -0.1) is 0 Å². The number of likely N-dealkylation sites (N-methyl/N-ethyl adjacent to an activating group) is 1. The first-order valence-electron chi connectivity index (χ1n) is 6.28. The summed E-state index contributed by atoms with van der Waals surface area (Å²) in [6.07, 6.45) is 0. The van der Waals surface area contributed by atoms with Gasteiger partial charge < -0.3 is 10.1 Å². The van der Waals surface area contributed by atoms with E-state index in [1.165, 1.54) is 11.4 Å². The van der Waals surface area contributed by atoms with Crippen LogP contribution in [0, 0.1) is 0 Å². The summed E-state index contributed by atoms with van der Waals surface area (Å²) in [6.45, 7) is 1.38. The Morgan fingerprint density at radius 1 is 1.35 bits per heavy atom. The van der Waals surface area contributed by atoms with Gasteiger partial charge in [-0.2, -0.15) is 4.31 Å². The van der Waals surface area contributed by atoms with E-state index >= 15 is 0 Å². The maximum atomic E-state index is 12.2. The third-order valence-electron chi connectivity index (χ3n) is 3.44. The number of ether oxygens (including phenoxy) is 1. The molecule has 1 saturated heterocycles. The molecule has 7 heteroatoms. The Kier molecular flexibility index (Phi) is 4.42. The normalized spacial score (nSPS) is 15.9. The van der Waals surface area contributed by atoms with Gasteiger partial charge in [0.05, 0.1) is 18.4 Å². The first-order chi connectivity index (χ1) is 9.44. The van der Waals surface area contributed by atoms with Gasteiger partial charge >= 0.3 is 5.97 Å². The zero-order chi connectivity index (χ0) is 14.8. The molecule has 0 bridgehead atoms. The van der Waals surface area contributed by atoms with Crippen molar-refractivity contribution < 1.29 is 17.9 Å². The Labute approximate surface area is 118 Å². The second kappa shape index (κ2) is 5.90. The Balaban J connectivity index is 2.07. The minimum Gasteiger partial charge on any atom is -0.465 e. The van der Waals surface area contributed by atoms with Crippen molar-refractivity contribution in [3.63, 3.8) is 0 Å². The molecule has 2 rings (SSSR count). The molecule has 110 valence electrons. The highest BCUT2D eigenvalue weighted by Gasteiger charge is 2.30. The molecule has 6 nitrogen and oxygen atoms in total. The average Bonchev–Trinajstić information content (AvgIpc) is 2.36. The lowest BCUT2D eigenvalue weighted by Crippen LogP contribution is -2.57. The minimum absolute atomic E-state index is 0.0364. The fourth-order valence-electron chi connectivity index (χ4n) is 1.93. The summed E-state index contributed by atoms with van der Waals surface area (Å²) < 4.78 is 30.4. The Morgan fingerprint density at radius 3 is 2.40 bits per heavy atom. The van der Waals surface area contributed by atoms with Crippen LogP contribution in [0.2, 0.25) is 0 Å². The molecule has 1 aromatic carbocycles. The number of esters is 1. The van der Waals surface area contributed by atoms with E-state index in [1.54, 1.807) is 31.3 Å². The SMILES string of the molecule is COC(=O)c1ccc(CS(=O)(=O)N(C)C2CNC2)cc1. The van der Waals surface area contributed by atoms with Gasteiger partial charge in [0.2, 0.25) is 10.0 Å². The maximum absolute atomic E-state index is 12.2. The molecule has 0 unspecified atom stereocenters. The topological polar surface area (TPSA) is 75.7 Å². The van der Waals surface area contributed by atoms with Crippen molar-refractivity contribution in [2.75, 3.05) is 27.2 Å². The number of carbonyl (C=O) groups is 1. The number of carbonyl (C=O) groups excluding carboxylic acids is 1. The van der Waals surface area contributed by atoms with Crippen LogP contribution < -0.4 is 5.32 Å². The smallest absolute Gasteiger partial charge is 0.337 e. The van der Waals surface area contributed by atoms with E-state index in [1.807, 2.05) is 0 Å². The van der Waals surface area contributed by atoms with Crippen LogP contribution in [-0.2, 0) is 20.5 Å². The molecule has 1 heterocycles. The molecular formula is C13H18N2O4S. The van der Waals surface area contributed by atoms with Crippen molar-refractivity contribution in [2.24, 2.45) is 0 Å². The molecule has 1 aliphatic rings. The van der Waals surface area contributed by atoms with E-state index in [9.17, 15) is 13.2 Å². The Bertz CT molecular complexity index is 579. The van der Waals surface area contributed by atoms with E-state index < -0.39 is 16.0 Å². The van der Waals surface area contributed by atoms with E-state index in [0.29, 0.717) is 24.2 Å². The molecular weight excluding hydrogens is 280 g/mol. The standard InChI is InChI=1S/C13H18N2O4S/c1-15(12-7-14-8-12)20(17,18)9-10-3-5-11(6-4-10)13(16)19-2/h3-6,12,14H,7-9H2,1-2H3. The summed E-state index contributed by atoms with van der Waals surface area (Å²) in [5, 5.41) is 3.05. The zero-order valence-corrected chi connectivity index (χ0v) is 12.3.